The Labute approximate surface area is 119 Å². The van der Waals surface area contributed by atoms with Crippen LogP contribution in [0.15, 0.2) is 46.9 Å². The number of hydrogen-bond acceptors (Lipinski definition) is 1. The number of likely N-dealkylation sites (N-methyl/N-ethyl adjacent to an activating group) is 1. The molecule has 0 aromatic heterocycles. The Hall–Kier alpha value is -1.26. The summed E-state index contributed by atoms with van der Waals surface area (Å²) in [4.78, 5) is 0. The van der Waals surface area contributed by atoms with Gasteiger partial charge in [-0.25, -0.2) is 8.78 Å². The fourth-order valence-electron chi connectivity index (χ4n) is 2.07. The summed E-state index contributed by atoms with van der Waals surface area (Å²) in [6.45, 7) is 0. The van der Waals surface area contributed by atoms with Crippen molar-refractivity contribution in [2.45, 2.75) is 12.5 Å². The van der Waals surface area contributed by atoms with Crippen molar-refractivity contribution in [2.24, 2.45) is 0 Å². The average molecular weight is 326 g/mol. The minimum Gasteiger partial charge on any atom is -0.313 e. The first-order chi connectivity index (χ1) is 9.08. The van der Waals surface area contributed by atoms with Crippen LogP contribution < -0.4 is 5.32 Å². The topological polar surface area (TPSA) is 12.0 Å². The molecule has 0 bridgehead atoms. The molecule has 1 N–H and O–H groups in total. The first-order valence-electron chi connectivity index (χ1n) is 5.96. The number of benzene rings is 2. The van der Waals surface area contributed by atoms with Crippen LogP contribution in [0, 0.1) is 11.6 Å². The zero-order valence-corrected chi connectivity index (χ0v) is 12.0. The van der Waals surface area contributed by atoms with Crippen molar-refractivity contribution < 1.29 is 8.78 Å². The van der Waals surface area contributed by atoms with E-state index in [9.17, 15) is 8.78 Å². The molecule has 4 heteroatoms. The second-order valence-corrected chi connectivity index (χ2v) is 5.29. The Morgan fingerprint density at radius 1 is 1.11 bits per heavy atom. The lowest BCUT2D eigenvalue weighted by molar-refractivity contribution is 0.572. The lowest BCUT2D eigenvalue weighted by Gasteiger charge is -2.17. The third-order valence-corrected chi connectivity index (χ3v) is 3.42. The Kier molecular flexibility index (Phi) is 4.66. The summed E-state index contributed by atoms with van der Waals surface area (Å²) in [7, 11) is 1.81. The standard InChI is InChI=1S/C15H14BrF2N/c1-19-15(11-3-2-4-13(17)8-11)7-10-5-12(16)9-14(18)6-10/h2-6,8-9,15,19H,7H2,1H3. The lowest BCUT2D eigenvalue weighted by atomic mass is 9.99. The van der Waals surface area contributed by atoms with Gasteiger partial charge in [0, 0.05) is 10.5 Å². The van der Waals surface area contributed by atoms with Gasteiger partial charge in [-0.3, -0.25) is 0 Å². The van der Waals surface area contributed by atoms with E-state index in [1.54, 1.807) is 6.07 Å². The summed E-state index contributed by atoms with van der Waals surface area (Å²) in [6, 6.07) is 11.2. The minimum absolute atomic E-state index is 0.0515. The molecule has 1 atom stereocenters. The van der Waals surface area contributed by atoms with Gasteiger partial charge in [-0.15, -0.1) is 0 Å². The van der Waals surface area contributed by atoms with Gasteiger partial charge < -0.3 is 5.32 Å². The van der Waals surface area contributed by atoms with Crippen molar-refractivity contribution >= 4 is 15.9 Å². The molecule has 0 fully saturated rings. The van der Waals surface area contributed by atoms with Gasteiger partial charge in [0.25, 0.3) is 0 Å². The van der Waals surface area contributed by atoms with Crippen molar-refractivity contribution in [3.8, 4) is 0 Å². The predicted molar refractivity (Wildman–Crippen MR) is 76.0 cm³/mol. The molecule has 100 valence electrons. The van der Waals surface area contributed by atoms with E-state index in [0.29, 0.717) is 10.9 Å². The fourth-order valence-corrected chi connectivity index (χ4v) is 2.59. The molecule has 2 aromatic carbocycles. The largest absolute Gasteiger partial charge is 0.313 e. The molecule has 0 heterocycles. The van der Waals surface area contributed by atoms with Crippen LogP contribution >= 0.6 is 15.9 Å². The first kappa shape index (κ1) is 14.2. The second kappa shape index (κ2) is 6.26. The normalized spacial score (nSPS) is 12.4. The average Bonchev–Trinajstić information content (AvgIpc) is 2.34. The predicted octanol–water partition coefficient (Wildman–Crippen LogP) is 4.23. The van der Waals surface area contributed by atoms with E-state index in [4.69, 9.17) is 0 Å². The molecule has 19 heavy (non-hydrogen) atoms. The van der Waals surface area contributed by atoms with E-state index in [-0.39, 0.29) is 17.7 Å². The maximum atomic E-state index is 13.3. The summed E-state index contributed by atoms with van der Waals surface area (Å²) >= 11 is 3.27. The lowest BCUT2D eigenvalue weighted by Crippen LogP contribution is -2.19. The smallest absolute Gasteiger partial charge is 0.124 e. The van der Waals surface area contributed by atoms with Crippen LogP contribution in [0.3, 0.4) is 0 Å². The Morgan fingerprint density at radius 3 is 2.53 bits per heavy atom. The maximum absolute atomic E-state index is 13.3. The second-order valence-electron chi connectivity index (χ2n) is 4.38. The van der Waals surface area contributed by atoms with Gasteiger partial charge in [-0.05, 0) is 54.9 Å². The molecular weight excluding hydrogens is 312 g/mol. The van der Waals surface area contributed by atoms with Crippen LogP contribution in [-0.2, 0) is 6.42 Å². The van der Waals surface area contributed by atoms with Crippen molar-refractivity contribution in [1.29, 1.82) is 0 Å². The van der Waals surface area contributed by atoms with Crippen molar-refractivity contribution in [3.63, 3.8) is 0 Å². The summed E-state index contributed by atoms with van der Waals surface area (Å²) in [6.07, 6.45) is 0.594. The van der Waals surface area contributed by atoms with Crippen LogP contribution in [0.5, 0.6) is 0 Å². The van der Waals surface area contributed by atoms with Crippen molar-refractivity contribution in [3.05, 3.63) is 69.7 Å². The zero-order chi connectivity index (χ0) is 13.8. The SMILES string of the molecule is CNC(Cc1cc(F)cc(Br)c1)c1cccc(F)c1. The summed E-state index contributed by atoms with van der Waals surface area (Å²) < 4.78 is 27.3. The Morgan fingerprint density at radius 2 is 1.89 bits per heavy atom. The summed E-state index contributed by atoms with van der Waals surface area (Å²) in [5.41, 5.74) is 1.71. The van der Waals surface area contributed by atoms with Crippen LogP contribution in [0.25, 0.3) is 0 Å². The third kappa shape index (κ3) is 3.85. The van der Waals surface area contributed by atoms with Gasteiger partial charge in [-0.1, -0.05) is 28.1 Å². The monoisotopic (exact) mass is 325 g/mol. The number of nitrogens with one attached hydrogen (secondary N) is 1. The van der Waals surface area contributed by atoms with Crippen LogP contribution in [-0.4, -0.2) is 7.05 Å². The van der Waals surface area contributed by atoms with Crippen LogP contribution in [0.1, 0.15) is 17.2 Å². The van der Waals surface area contributed by atoms with E-state index in [1.165, 1.54) is 24.3 Å². The number of halogens is 3. The van der Waals surface area contributed by atoms with Crippen LogP contribution in [0.2, 0.25) is 0 Å². The molecule has 0 amide bonds. The van der Waals surface area contributed by atoms with Gasteiger partial charge >= 0.3 is 0 Å². The number of rotatable bonds is 4. The number of hydrogen-bond donors (Lipinski definition) is 1. The van der Waals surface area contributed by atoms with Crippen molar-refractivity contribution in [1.82, 2.24) is 5.32 Å². The van der Waals surface area contributed by atoms with Crippen LogP contribution in [0.4, 0.5) is 8.78 Å². The molecule has 0 aliphatic rings. The summed E-state index contributed by atoms with van der Waals surface area (Å²) in [5, 5.41) is 3.13. The molecular formula is C15H14BrF2N. The molecule has 0 saturated carbocycles. The van der Waals surface area contributed by atoms with Gasteiger partial charge in [0.1, 0.15) is 11.6 Å². The molecule has 2 aromatic rings. The molecule has 0 spiro atoms. The third-order valence-electron chi connectivity index (χ3n) is 2.96. The molecule has 0 aliphatic carbocycles. The molecule has 2 rings (SSSR count). The molecule has 0 aliphatic heterocycles. The molecule has 0 radical (unpaired) electrons. The zero-order valence-electron chi connectivity index (χ0n) is 10.5. The van der Waals surface area contributed by atoms with E-state index in [2.05, 4.69) is 21.2 Å². The quantitative estimate of drug-likeness (QED) is 0.887. The molecule has 1 nitrogen and oxygen atoms in total. The fraction of sp³-hybridized carbons (Fsp3) is 0.200. The van der Waals surface area contributed by atoms with E-state index >= 15 is 0 Å². The Bertz CT molecular complexity index is 552. The highest BCUT2D eigenvalue weighted by atomic mass is 79.9. The first-order valence-corrected chi connectivity index (χ1v) is 6.75. The van der Waals surface area contributed by atoms with E-state index in [1.807, 2.05) is 19.2 Å². The minimum atomic E-state index is -0.279. The molecule has 1 unspecified atom stereocenters. The van der Waals surface area contributed by atoms with E-state index in [0.717, 1.165) is 11.1 Å². The summed E-state index contributed by atoms with van der Waals surface area (Å²) in [5.74, 6) is -0.545. The highest BCUT2D eigenvalue weighted by Gasteiger charge is 2.11. The highest BCUT2D eigenvalue weighted by Crippen LogP contribution is 2.22. The molecule has 0 saturated heterocycles. The van der Waals surface area contributed by atoms with Crippen molar-refractivity contribution in [2.75, 3.05) is 7.05 Å². The Balaban J connectivity index is 2.23. The van der Waals surface area contributed by atoms with E-state index < -0.39 is 0 Å². The van der Waals surface area contributed by atoms with Gasteiger partial charge in [0.05, 0.1) is 0 Å². The van der Waals surface area contributed by atoms with Gasteiger partial charge in [0.2, 0.25) is 0 Å². The maximum Gasteiger partial charge on any atom is 0.124 e. The highest BCUT2D eigenvalue weighted by molar-refractivity contribution is 9.10. The van der Waals surface area contributed by atoms with Gasteiger partial charge in [0.15, 0.2) is 0 Å². The van der Waals surface area contributed by atoms with Gasteiger partial charge in [-0.2, -0.15) is 0 Å².